The first-order valence-corrected chi connectivity index (χ1v) is 7.84. The summed E-state index contributed by atoms with van der Waals surface area (Å²) in [5.74, 6) is -0.255. The van der Waals surface area contributed by atoms with E-state index in [0.29, 0.717) is 6.04 Å². The van der Waals surface area contributed by atoms with Gasteiger partial charge in [-0.2, -0.15) is 0 Å². The van der Waals surface area contributed by atoms with E-state index >= 15 is 0 Å². The van der Waals surface area contributed by atoms with E-state index in [1.807, 2.05) is 6.92 Å². The molecule has 1 aliphatic carbocycles. The average molecular weight is 289 g/mol. The molecule has 21 heavy (non-hydrogen) atoms. The second kappa shape index (κ2) is 6.48. The predicted molar refractivity (Wildman–Crippen MR) is 87.4 cm³/mol. The molecular formula is C17H27N3O. The third-order valence-corrected chi connectivity index (χ3v) is 4.27. The summed E-state index contributed by atoms with van der Waals surface area (Å²) >= 11 is 0. The van der Waals surface area contributed by atoms with Crippen molar-refractivity contribution in [2.75, 3.05) is 18.0 Å². The van der Waals surface area contributed by atoms with E-state index in [0.717, 1.165) is 32.4 Å². The number of nitrogens with two attached hydrogens (primary N) is 1. The third kappa shape index (κ3) is 4.21. The third-order valence-electron chi connectivity index (χ3n) is 4.27. The van der Waals surface area contributed by atoms with Gasteiger partial charge in [-0.15, -0.1) is 0 Å². The first kappa shape index (κ1) is 15.8. The van der Waals surface area contributed by atoms with Gasteiger partial charge in [0.05, 0.1) is 5.54 Å². The number of hydrogen-bond donors (Lipinski definition) is 2. The fraction of sp³-hybridized carbons (Fsp3) is 0.588. The van der Waals surface area contributed by atoms with Crippen molar-refractivity contribution in [2.24, 2.45) is 5.73 Å². The van der Waals surface area contributed by atoms with Gasteiger partial charge in [0.25, 0.3) is 0 Å². The van der Waals surface area contributed by atoms with Crippen molar-refractivity contribution in [2.45, 2.75) is 51.6 Å². The van der Waals surface area contributed by atoms with E-state index in [9.17, 15) is 4.79 Å². The molecule has 1 fully saturated rings. The molecule has 0 aromatic heterocycles. The Morgan fingerprint density at radius 1 is 1.48 bits per heavy atom. The van der Waals surface area contributed by atoms with Crippen molar-refractivity contribution >= 4 is 11.6 Å². The number of aryl methyl sites for hydroxylation is 1. The van der Waals surface area contributed by atoms with Crippen molar-refractivity contribution in [1.29, 1.82) is 0 Å². The van der Waals surface area contributed by atoms with Gasteiger partial charge < -0.3 is 16.0 Å². The van der Waals surface area contributed by atoms with E-state index in [2.05, 4.69) is 48.3 Å². The molecule has 1 aromatic rings. The Morgan fingerprint density at radius 2 is 2.19 bits per heavy atom. The number of benzene rings is 1. The van der Waals surface area contributed by atoms with E-state index < -0.39 is 5.54 Å². The lowest BCUT2D eigenvalue weighted by atomic mass is 9.96. The van der Waals surface area contributed by atoms with E-state index in [1.165, 1.54) is 11.3 Å². The van der Waals surface area contributed by atoms with Crippen molar-refractivity contribution in [1.82, 2.24) is 5.32 Å². The Morgan fingerprint density at radius 3 is 2.71 bits per heavy atom. The molecule has 1 unspecified atom stereocenters. The summed E-state index contributed by atoms with van der Waals surface area (Å²) in [5, 5.41) is 3.41. The summed E-state index contributed by atoms with van der Waals surface area (Å²) in [4.78, 5) is 14.1. The van der Waals surface area contributed by atoms with Crippen LogP contribution in [0.2, 0.25) is 0 Å². The van der Waals surface area contributed by atoms with Crippen LogP contribution in [0.25, 0.3) is 0 Å². The lowest BCUT2D eigenvalue weighted by Gasteiger charge is -2.32. The van der Waals surface area contributed by atoms with Gasteiger partial charge in [-0.1, -0.05) is 12.1 Å². The fourth-order valence-electron chi connectivity index (χ4n) is 2.60. The maximum atomic E-state index is 11.8. The highest BCUT2D eigenvalue weighted by molar-refractivity contribution is 5.84. The summed E-state index contributed by atoms with van der Waals surface area (Å²) in [6, 6.07) is 8.94. The van der Waals surface area contributed by atoms with Crippen molar-refractivity contribution in [3.8, 4) is 0 Å². The van der Waals surface area contributed by atoms with Crippen LogP contribution in [0.15, 0.2) is 24.3 Å². The molecule has 3 N–H and O–H groups in total. The van der Waals surface area contributed by atoms with Crippen molar-refractivity contribution in [3.63, 3.8) is 0 Å². The Balaban J connectivity index is 2.02. The molecule has 1 aliphatic rings. The molecule has 0 heterocycles. The SMILES string of the molecule is CCN(CCC(C)(NC1CC1)C(N)=O)c1cccc(C)c1. The van der Waals surface area contributed by atoms with Crippen LogP contribution < -0.4 is 16.0 Å². The Kier molecular flexibility index (Phi) is 4.88. The van der Waals surface area contributed by atoms with Crippen LogP contribution in [-0.2, 0) is 4.79 Å². The molecule has 0 saturated heterocycles. The van der Waals surface area contributed by atoms with Gasteiger partial charge in [-0.05, 0) is 57.7 Å². The second-order valence-electron chi connectivity index (χ2n) is 6.28. The number of nitrogens with one attached hydrogen (secondary N) is 1. The monoisotopic (exact) mass is 289 g/mol. The summed E-state index contributed by atoms with van der Waals surface area (Å²) in [7, 11) is 0. The molecule has 4 nitrogen and oxygen atoms in total. The number of rotatable bonds is 8. The van der Waals surface area contributed by atoms with Gasteiger partial charge in [0, 0.05) is 24.8 Å². The molecule has 0 radical (unpaired) electrons. The largest absolute Gasteiger partial charge is 0.372 e. The van der Waals surface area contributed by atoms with Crippen LogP contribution in [0, 0.1) is 6.92 Å². The van der Waals surface area contributed by atoms with Gasteiger partial charge in [0.1, 0.15) is 0 Å². The molecular weight excluding hydrogens is 262 g/mol. The van der Waals surface area contributed by atoms with E-state index in [1.54, 1.807) is 0 Å². The molecule has 0 bridgehead atoms. The Hall–Kier alpha value is -1.55. The molecule has 0 spiro atoms. The highest BCUT2D eigenvalue weighted by atomic mass is 16.1. The smallest absolute Gasteiger partial charge is 0.237 e. The predicted octanol–water partition coefficient (Wildman–Crippen LogP) is 2.21. The molecule has 2 rings (SSSR count). The maximum absolute atomic E-state index is 11.8. The molecule has 1 atom stereocenters. The van der Waals surface area contributed by atoms with Crippen LogP contribution in [0.1, 0.15) is 38.7 Å². The number of primary amides is 1. The van der Waals surface area contributed by atoms with Crippen LogP contribution in [-0.4, -0.2) is 30.6 Å². The molecule has 1 amide bonds. The first-order valence-electron chi connectivity index (χ1n) is 7.84. The molecule has 4 heteroatoms. The minimum Gasteiger partial charge on any atom is -0.372 e. The standard InChI is InChI=1S/C17H27N3O/c1-4-20(15-7-5-6-13(2)12-15)11-10-17(3,16(18)21)19-14-8-9-14/h5-7,12,14,19H,4,8-11H2,1-3H3,(H2,18,21). The van der Waals surface area contributed by atoms with Crippen LogP contribution in [0.5, 0.6) is 0 Å². The van der Waals surface area contributed by atoms with Gasteiger partial charge in [-0.25, -0.2) is 0 Å². The highest BCUT2D eigenvalue weighted by Crippen LogP contribution is 2.25. The van der Waals surface area contributed by atoms with E-state index in [4.69, 9.17) is 5.73 Å². The quantitative estimate of drug-likeness (QED) is 0.771. The number of nitrogens with zero attached hydrogens (tertiary/aromatic N) is 1. The number of carbonyl (C=O) groups excluding carboxylic acids is 1. The maximum Gasteiger partial charge on any atom is 0.237 e. The number of carbonyl (C=O) groups is 1. The average Bonchev–Trinajstić information content (AvgIpc) is 3.23. The summed E-state index contributed by atoms with van der Waals surface area (Å²) < 4.78 is 0. The van der Waals surface area contributed by atoms with Crippen molar-refractivity contribution < 1.29 is 4.79 Å². The summed E-state index contributed by atoms with van der Waals surface area (Å²) in [6.45, 7) is 7.90. The Bertz CT molecular complexity index is 499. The molecule has 116 valence electrons. The van der Waals surface area contributed by atoms with Gasteiger partial charge in [-0.3, -0.25) is 4.79 Å². The number of hydrogen-bond acceptors (Lipinski definition) is 3. The van der Waals surface area contributed by atoms with E-state index in [-0.39, 0.29) is 5.91 Å². The number of anilines is 1. The zero-order chi connectivity index (χ0) is 15.5. The lowest BCUT2D eigenvalue weighted by Crippen LogP contribution is -2.55. The Labute approximate surface area is 127 Å². The van der Waals surface area contributed by atoms with Crippen molar-refractivity contribution in [3.05, 3.63) is 29.8 Å². The number of amides is 1. The zero-order valence-corrected chi connectivity index (χ0v) is 13.4. The topological polar surface area (TPSA) is 58.4 Å². The minimum absolute atomic E-state index is 0.255. The van der Waals surface area contributed by atoms with Crippen LogP contribution in [0.4, 0.5) is 5.69 Å². The summed E-state index contributed by atoms with van der Waals surface area (Å²) in [5.41, 5.74) is 7.46. The second-order valence-corrected chi connectivity index (χ2v) is 6.28. The van der Waals surface area contributed by atoms with Crippen LogP contribution >= 0.6 is 0 Å². The van der Waals surface area contributed by atoms with Crippen LogP contribution in [0.3, 0.4) is 0 Å². The summed E-state index contributed by atoms with van der Waals surface area (Å²) in [6.07, 6.45) is 3.02. The first-order chi connectivity index (χ1) is 9.94. The molecule has 1 aromatic carbocycles. The van der Waals surface area contributed by atoms with Gasteiger partial charge in [0.2, 0.25) is 5.91 Å². The lowest BCUT2D eigenvalue weighted by molar-refractivity contribution is -0.124. The minimum atomic E-state index is -0.613. The van der Waals surface area contributed by atoms with Gasteiger partial charge in [0.15, 0.2) is 0 Å². The molecule has 1 saturated carbocycles. The normalized spacial score (nSPS) is 17.3. The fourth-order valence-corrected chi connectivity index (χ4v) is 2.60. The van der Waals surface area contributed by atoms with Gasteiger partial charge >= 0.3 is 0 Å². The highest BCUT2D eigenvalue weighted by Gasteiger charge is 2.36. The molecule has 0 aliphatic heterocycles. The zero-order valence-electron chi connectivity index (χ0n) is 13.4.